The number of methoxy groups -OCH3 is 1. The van der Waals surface area contributed by atoms with E-state index in [1.165, 1.54) is 0 Å². The number of hydrogen-bond acceptors (Lipinski definition) is 6. The van der Waals surface area contributed by atoms with Gasteiger partial charge in [0.25, 0.3) is 5.91 Å². The van der Waals surface area contributed by atoms with Crippen LogP contribution in [0.25, 0.3) is 5.65 Å². The third-order valence-electron chi connectivity index (χ3n) is 4.71. The van der Waals surface area contributed by atoms with Crippen molar-refractivity contribution in [1.82, 2.24) is 24.9 Å². The molecule has 3 aromatic rings. The molecule has 1 amide bonds. The lowest BCUT2D eigenvalue weighted by atomic mass is 9.75. The quantitative estimate of drug-likeness (QED) is 0.718. The Kier molecular flexibility index (Phi) is 4.26. The number of aromatic nitrogens is 4. The van der Waals surface area contributed by atoms with E-state index < -0.39 is 0 Å². The van der Waals surface area contributed by atoms with E-state index in [1.807, 2.05) is 6.07 Å². The number of aliphatic hydroxyl groups is 1. The summed E-state index contributed by atoms with van der Waals surface area (Å²) in [7, 11) is 1.57. The molecule has 1 atom stereocenters. The second kappa shape index (κ2) is 6.72. The van der Waals surface area contributed by atoms with Crippen molar-refractivity contribution < 1.29 is 14.6 Å². The van der Waals surface area contributed by atoms with Crippen LogP contribution in [0, 0.1) is 5.92 Å². The summed E-state index contributed by atoms with van der Waals surface area (Å²) in [5.41, 5.74) is 1.75. The fraction of sp³-hybridized carbons (Fsp3) is 0.333. The molecule has 3 aromatic heterocycles. The summed E-state index contributed by atoms with van der Waals surface area (Å²) in [6, 6.07) is 4.98. The molecule has 3 heterocycles. The molecule has 8 nitrogen and oxygen atoms in total. The van der Waals surface area contributed by atoms with Crippen LogP contribution in [-0.2, 0) is 0 Å². The third kappa shape index (κ3) is 3.11. The van der Waals surface area contributed by atoms with Gasteiger partial charge >= 0.3 is 0 Å². The Bertz CT molecular complexity index is 902. The highest BCUT2D eigenvalue weighted by atomic mass is 16.5. The molecule has 0 aromatic carbocycles. The number of ether oxygens (including phenoxy) is 1. The van der Waals surface area contributed by atoms with E-state index in [9.17, 15) is 9.90 Å². The summed E-state index contributed by atoms with van der Waals surface area (Å²) in [6.45, 7) is 0. The molecule has 4 rings (SSSR count). The van der Waals surface area contributed by atoms with Gasteiger partial charge in [0.1, 0.15) is 5.75 Å². The number of carbonyl (C=O) groups is 1. The monoisotopic (exact) mass is 353 g/mol. The van der Waals surface area contributed by atoms with Gasteiger partial charge in [0, 0.05) is 24.7 Å². The number of pyridine rings is 1. The Balaban J connectivity index is 1.60. The Morgan fingerprint density at radius 3 is 2.96 bits per heavy atom. The summed E-state index contributed by atoms with van der Waals surface area (Å²) in [5.74, 6) is 0.473. The maximum Gasteiger partial charge on any atom is 0.272 e. The maximum atomic E-state index is 12.7. The van der Waals surface area contributed by atoms with Crippen molar-refractivity contribution in [3.05, 3.63) is 54.2 Å². The normalized spacial score (nSPS) is 20.4. The van der Waals surface area contributed by atoms with Gasteiger partial charge in [-0.25, -0.2) is 9.50 Å². The maximum absolute atomic E-state index is 12.7. The number of carbonyl (C=O) groups excluding carboxylic acids is 1. The van der Waals surface area contributed by atoms with Crippen molar-refractivity contribution in [1.29, 1.82) is 0 Å². The van der Waals surface area contributed by atoms with E-state index in [0.29, 0.717) is 29.9 Å². The van der Waals surface area contributed by atoms with Crippen LogP contribution in [0.2, 0.25) is 0 Å². The first kappa shape index (κ1) is 16.5. The van der Waals surface area contributed by atoms with Gasteiger partial charge in [-0.3, -0.25) is 9.78 Å². The second-order valence-corrected chi connectivity index (χ2v) is 6.45. The van der Waals surface area contributed by atoms with Crippen LogP contribution < -0.4 is 10.1 Å². The summed E-state index contributed by atoms with van der Waals surface area (Å²) >= 11 is 0. The zero-order valence-electron chi connectivity index (χ0n) is 14.2. The fourth-order valence-electron chi connectivity index (χ4n) is 3.25. The smallest absolute Gasteiger partial charge is 0.272 e. The average Bonchev–Trinajstić information content (AvgIpc) is 3.08. The standard InChI is InChI=1S/C18H19N5O3/c1-26-14-7-12(9-19-10-14)17(11-5-13(24)6-11)21-18(25)15-8-16-20-3-2-4-23(16)22-15/h2-4,7-11,13,17,24H,5-6H2,1H3,(H,21,25)/t11?,13?,17-/m1/s1. The zero-order chi connectivity index (χ0) is 18.1. The Morgan fingerprint density at radius 2 is 2.23 bits per heavy atom. The van der Waals surface area contributed by atoms with Gasteiger partial charge in [0.2, 0.25) is 0 Å². The molecule has 26 heavy (non-hydrogen) atoms. The van der Waals surface area contributed by atoms with E-state index in [0.717, 1.165) is 5.56 Å². The van der Waals surface area contributed by atoms with Gasteiger partial charge in [-0.2, -0.15) is 5.10 Å². The first-order chi connectivity index (χ1) is 12.6. The van der Waals surface area contributed by atoms with Gasteiger partial charge in [0.15, 0.2) is 11.3 Å². The van der Waals surface area contributed by atoms with Crippen LogP contribution in [0.1, 0.15) is 34.9 Å². The topological polar surface area (TPSA) is 102 Å². The van der Waals surface area contributed by atoms with Crippen molar-refractivity contribution in [2.24, 2.45) is 5.92 Å². The predicted octanol–water partition coefficient (Wildman–Crippen LogP) is 1.37. The molecule has 134 valence electrons. The van der Waals surface area contributed by atoms with Crippen molar-refractivity contribution in [3.63, 3.8) is 0 Å². The minimum absolute atomic E-state index is 0.137. The molecule has 0 spiro atoms. The number of nitrogens with one attached hydrogen (secondary N) is 1. The van der Waals surface area contributed by atoms with Crippen LogP contribution >= 0.6 is 0 Å². The molecule has 0 bridgehead atoms. The molecule has 1 saturated carbocycles. The molecule has 8 heteroatoms. The second-order valence-electron chi connectivity index (χ2n) is 6.45. The van der Waals surface area contributed by atoms with Crippen molar-refractivity contribution in [2.45, 2.75) is 25.0 Å². The molecule has 1 aliphatic carbocycles. The lowest BCUT2D eigenvalue weighted by molar-refractivity contribution is 0.0234. The van der Waals surface area contributed by atoms with Crippen LogP contribution in [0.4, 0.5) is 0 Å². The summed E-state index contributed by atoms with van der Waals surface area (Å²) in [6.07, 6.45) is 7.67. The van der Waals surface area contributed by atoms with Gasteiger partial charge < -0.3 is 15.2 Å². The lowest BCUT2D eigenvalue weighted by Crippen LogP contribution is -2.41. The molecule has 0 aliphatic heterocycles. The van der Waals surface area contributed by atoms with Crippen LogP contribution in [0.3, 0.4) is 0 Å². The third-order valence-corrected chi connectivity index (χ3v) is 4.71. The van der Waals surface area contributed by atoms with Gasteiger partial charge in [-0.15, -0.1) is 0 Å². The number of fused-ring (bicyclic) bond motifs is 1. The molecular weight excluding hydrogens is 334 g/mol. The number of amides is 1. The first-order valence-electron chi connectivity index (χ1n) is 8.42. The van der Waals surface area contributed by atoms with Crippen LogP contribution in [0.15, 0.2) is 43.0 Å². The summed E-state index contributed by atoms with van der Waals surface area (Å²) in [4.78, 5) is 21.1. The van der Waals surface area contributed by atoms with E-state index >= 15 is 0 Å². The number of rotatable bonds is 5. The van der Waals surface area contributed by atoms with Crippen LogP contribution in [-0.4, -0.2) is 43.8 Å². The van der Waals surface area contributed by atoms with E-state index in [1.54, 1.807) is 48.5 Å². The van der Waals surface area contributed by atoms with Gasteiger partial charge in [0.05, 0.1) is 25.5 Å². The van der Waals surface area contributed by atoms with Crippen molar-refractivity contribution in [2.75, 3.05) is 7.11 Å². The minimum Gasteiger partial charge on any atom is -0.495 e. The number of aliphatic hydroxyl groups excluding tert-OH is 1. The Labute approximate surface area is 149 Å². The molecule has 0 radical (unpaired) electrons. The average molecular weight is 353 g/mol. The fourth-order valence-corrected chi connectivity index (χ4v) is 3.25. The van der Waals surface area contributed by atoms with E-state index in [4.69, 9.17) is 4.74 Å². The molecule has 1 fully saturated rings. The lowest BCUT2D eigenvalue weighted by Gasteiger charge is -2.38. The molecule has 2 N–H and O–H groups in total. The van der Waals surface area contributed by atoms with Crippen molar-refractivity contribution >= 4 is 11.6 Å². The molecule has 1 aliphatic rings. The SMILES string of the molecule is COc1cncc([C@H](NC(=O)c2cc3ncccn3n2)C2CC(O)C2)c1. The van der Waals surface area contributed by atoms with E-state index in [-0.39, 0.29) is 24.0 Å². The highest BCUT2D eigenvalue weighted by Crippen LogP contribution is 2.38. The van der Waals surface area contributed by atoms with Gasteiger partial charge in [-0.05, 0) is 36.5 Å². The summed E-state index contributed by atoms with van der Waals surface area (Å²) in [5, 5.41) is 17.0. The summed E-state index contributed by atoms with van der Waals surface area (Å²) < 4.78 is 6.80. The zero-order valence-corrected chi connectivity index (χ0v) is 14.2. The highest BCUT2D eigenvalue weighted by molar-refractivity contribution is 5.93. The predicted molar refractivity (Wildman–Crippen MR) is 92.7 cm³/mol. The molecular formula is C18H19N5O3. The number of hydrogen-bond donors (Lipinski definition) is 2. The first-order valence-corrected chi connectivity index (χ1v) is 8.42. The van der Waals surface area contributed by atoms with Gasteiger partial charge in [-0.1, -0.05) is 0 Å². The molecule has 0 unspecified atom stereocenters. The highest BCUT2D eigenvalue weighted by Gasteiger charge is 2.36. The minimum atomic E-state index is -0.322. The molecule has 0 saturated heterocycles. The number of nitrogens with zero attached hydrogens (tertiary/aromatic N) is 4. The van der Waals surface area contributed by atoms with E-state index in [2.05, 4.69) is 20.4 Å². The van der Waals surface area contributed by atoms with Crippen molar-refractivity contribution in [3.8, 4) is 5.75 Å². The Hall–Kier alpha value is -3.00. The Morgan fingerprint density at radius 1 is 1.38 bits per heavy atom. The van der Waals surface area contributed by atoms with Crippen LogP contribution in [0.5, 0.6) is 5.75 Å². The largest absolute Gasteiger partial charge is 0.495 e.